The predicted molar refractivity (Wildman–Crippen MR) is 189 cm³/mol. The van der Waals surface area contributed by atoms with Crippen molar-refractivity contribution in [1.29, 1.82) is 0 Å². The number of rotatable bonds is 8. The van der Waals surface area contributed by atoms with Gasteiger partial charge in [-0.15, -0.1) is 0 Å². The minimum atomic E-state index is -4.55. The molecule has 53 heavy (non-hydrogen) atoms. The fourth-order valence-corrected chi connectivity index (χ4v) is 5.28. The van der Waals surface area contributed by atoms with E-state index in [9.17, 15) is 40.7 Å². The van der Waals surface area contributed by atoms with Gasteiger partial charge < -0.3 is 25.6 Å². The Morgan fingerprint density at radius 3 is 1.42 bits per heavy atom. The van der Waals surface area contributed by atoms with Gasteiger partial charge in [-0.05, 0) is 83.9 Å². The summed E-state index contributed by atoms with van der Waals surface area (Å²) in [7, 11) is 0. The molecule has 0 spiro atoms. The predicted octanol–water partition coefficient (Wildman–Crippen LogP) is 5.97. The van der Waals surface area contributed by atoms with Crippen LogP contribution < -0.4 is 16.0 Å². The minimum absolute atomic E-state index is 0.178. The molecule has 10 nitrogen and oxygen atoms in total. The maximum atomic E-state index is 13.0. The molecule has 2 heterocycles. The topological polar surface area (TPSA) is 106 Å². The number of benzene rings is 2. The van der Waals surface area contributed by atoms with E-state index < -0.39 is 40.8 Å². The summed E-state index contributed by atoms with van der Waals surface area (Å²) in [5.74, 6) is -1.48. The lowest BCUT2D eigenvalue weighted by molar-refractivity contribution is -0.183. The SMILES string of the molecule is CC(C)(C)OC(=O)N1CCN(Cc2cccc(C(=O)NC(C)(C)C(F)(F)F)c2)CC1.CC(C)(NC(=O)c1cccc(CN2CCNCC2)c1)C(F)(F)F. The molecule has 0 saturated carbocycles. The zero-order chi connectivity index (χ0) is 39.8. The normalized spacial score (nSPS) is 16.7. The van der Waals surface area contributed by atoms with Gasteiger partial charge in [0.25, 0.3) is 11.8 Å². The summed E-state index contributed by atoms with van der Waals surface area (Å²) in [6.07, 6.45) is -9.39. The Morgan fingerprint density at radius 2 is 1.04 bits per heavy atom. The molecule has 3 N–H and O–H groups in total. The Bertz CT molecular complexity index is 1540. The second kappa shape index (κ2) is 17.5. The summed E-state index contributed by atoms with van der Waals surface area (Å²) in [5, 5.41) is 7.36. The molecule has 4 rings (SSSR count). The highest BCUT2D eigenvalue weighted by atomic mass is 19.4. The molecule has 296 valence electrons. The Kier molecular flexibility index (Phi) is 14.4. The molecule has 2 saturated heterocycles. The number of nitrogens with zero attached hydrogens (tertiary/aromatic N) is 3. The molecule has 0 atom stereocenters. The highest BCUT2D eigenvalue weighted by Crippen LogP contribution is 2.31. The van der Waals surface area contributed by atoms with Gasteiger partial charge in [-0.1, -0.05) is 24.3 Å². The summed E-state index contributed by atoms with van der Waals surface area (Å²) in [4.78, 5) is 42.6. The fraction of sp³-hybridized carbons (Fsp3) is 0.595. The summed E-state index contributed by atoms with van der Waals surface area (Å²) in [5.41, 5.74) is -2.97. The third kappa shape index (κ3) is 13.5. The standard InChI is InChI=1S/C21H30F3N3O3.C16H22F3N3O/c1-19(2,3)30-18(29)27-11-9-26(10-12-27)14-15-7-6-8-16(13-15)17(28)25-20(4,5)21(22,23)24;1-15(2,16(17,18)19)21-14(23)13-5-3-4-12(10-13)11-22-8-6-20-7-9-22/h6-8,13H,9-12,14H2,1-5H3,(H,25,28);3-5,10,20H,6-9,11H2,1-2H3,(H,21,23). The maximum Gasteiger partial charge on any atom is 0.410 e. The Balaban J connectivity index is 0.000000295. The van der Waals surface area contributed by atoms with Gasteiger partial charge in [0.05, 0.1) is 0 Å². The number of carbonyl (C=O) groups excluding carboxylic acids is 3. The van der Waals surface area contributed by atoms with E-state index >= 15 is 0 Å². The van der Waals surface area contributed by atoms with Gasteiger partial charge in [-0.2, -0.15) is 26.3 Å². The van der Waals surface area contributed by atoms with Crippen LogP contribution in [0.3, 0.4) is 0 Å². The lowest BCUT2D eigenvalue weighted by Gasteiger charge is -2.35. The van der Waals surface area contributed by atoms with Crippen LogP contribution in [0.5, 0.6) is 0 Å². The van der Waals surface area contributed by atoms with Crippen LogP contribution in [0.2, 0.25) is 0 Å². The van der Waals surface area contributed by atoms with Crippen LogP contribution in [-0.2, 0) is 17.8 Å². The highest BCUT2D eigenvalue weighted by molar-refractivity contribution is 5.95. The number of amides is 3. The second-order valence-corrected chi connectivity index (χ2v) is 15.3. The van der Waals surface area contributed by atoms with Gasteiger partial charge in [-0.25, -0.2) is 4.79 Å². The summed E-state index contributed by atoms with van der Waals surface area (Å²) in [6, 6.07) is 13.3. The first-order valence-corrected chi connectivity index (χ1v) is 17.5. The van der Waals surface area contributed by atoms with Gasteiger partial charge >= 0.3 is 18.4 Å². The van der Waals surface area contributed by atoms with Crippen LogP contribution in [-0.4, -0.2) is 114 Å². The van der Waals surface area contributed by atoms with Crippen molar-refractivity contribution in [2.75, 3.05) is 52.4 Å². The molecule has 3 amide bonds. The van der Waals surface area contributed by atoms with Crippen molar-refractivity contribution in [2.45, 2.75) is 90.6 Å². The average Bonchev–Trinajstić information content (AvgIpc) is 3.04. The first kappa shape index (κ1) is 43.5. The van der Waals surface area contributed by atoms with Crippen LogP contribution in [0.15, 0.2) is 48.5 Å². The molecule has 0 bridgehead atoms. The van der Waals surface area contributed by atoms with E-state index in [2.05, 4.69) is 20.4 Å². The van der Waals surface area contributed by atoms with Crippen LogP contribution in [0.25, 0.3) is 0 Å². The van der Waals surface area contributed by atoms with Gasteiger partial charge in [0.15, 0.2) is 0 Å². The number of halogens is 6. The van der Waals surface area contributed by atoms with Gasteiger partial charge in [0, 0.05) is 76.6 Å². The molecule has 2 aliphatic rings. The van der Waals surface area contributed by atoms with E-state index in [-0.39, 0.29) is 17.2 Å². The smallest absolute Gasteiger partial charge is 0.410 e. The molecule has 2 aromatic carbocycles. The van der Waals surface area contributed by atoms with Crippen molar-refractivity contribution >= 4 is 17.9 Å². The number of carbonyl (C=O) groups is 3. The van der Waals surface area contributed by atoms with Crippen molar-refractivity contribution in [1.82, 2.24) is 30.7 Å². The van der Waals surface area contributed by atoms with E-state index in [1.807, 2.05) is 38.2 Å². The zero-order valence-corrected chi connectivity index (χ0v) is 31.4. The number of alkyl halides is 6. The molecule has 0 aliphatic carbocycles. The number of hydrogen-bond donors (Lipinski definition) is 3. The van der Waals surface area contributed by atoms with Crippen molar-refractivity contribution in [3.05, 3.63) is 70.8 Å². The number of hydrogen-bond acceptors (Lipinski definition) is 7. The van der Waals surface area contributed by atoms with E-state index in [0.29, 0.717) is 39.3 Å². The maximum absolute atomic E-state index is 13.0. The monoisotopic (exact) mass is 758 g/mol. The van der Waals surface area contributed by atoms with Gasteiger partial charge in [-0.3, -0.25) is 19.4 Å². The summed E-state index contributed by atoms with van der Waals surface area (Å²) in [6.45, 7) is 16.4. The van der Waals surface area contributed by atoms with Crippen LogP contribution in [0.4, 0.5) is 31.1 Å². The molecular weight excluding hydrogens is 706 g/mol. The molecular formula is C37H52F6N6O4. The van der Waals surface area contributed by atoms with Crippen molar-refractivity contribution in [2.24, 2.45) is 0 Å². The number of ether oxygens (including phenoxy) is 1. The Hall–Kier alpha value is -3.89. The van der Waals surface area contributed by atoms with E-state index in [0.717, 1.165) is 65.0 Å². The lowest BCUT2D eigenvalue weighted by atomic mass is 10.0. The third-order valence-electron chi connectivity index (χ3n) is 8.69. The molecule has 0 radical (unpaired) electrons. The third-order valence-corrected chi connectivity index (χ3v) is 8.69. The minimum Gasteiger partial charge on any atom is -0.444 e. The van der Waals surface area contributed by atoms with Crippen molar-refractivity contribution < 1.29 is 45.5 Å². The average molecular weight is 759 g/mol. The van der Waals surface area contributed by atoms with E-state index in [4.69, 9.17) is 4.74 Å². The summed E-state index contributed by atoms with van der Waals surface area (Å²) < 4.78 is 83.0. The molecule has 16 heteroatoms. The molecule has 0 aromatic heterocycles. The van der Waals surface area contributed by atoms with E-state index in [1.165, 1.54) is 12.1 Å². The summed E-state index contributed by atoms with van der Waals surface area (Å²) >= 11 is 0. The Morgan fingerprint density at radius 1 is 0.642 bits per heavy atom. The largest absolute Gasteiger partial charge is 0.444 e. The first-order valence-electron chi connectivity index (χ1n) is 17.5. The highest BCUT2D eigenvalue weighted by Gasteiger charge is 2.49. The van der Waals surface area contributed by atoms with Crippen LogP contribution in [0, 0.1) is 0 Å². The molecule has 0 unspecified atom stereocenters. The quantitative estimate of drug-likeness (QED) is 0.285. The molecule has 2 fully saturated rings. The number of piperazine rings is 2. The Labute approximate surface area is 307 Å². The molecule has 2 aliphatic heterocycles. The van der Waals surface area contributed by atoms with Gasteiger partial charge in [0.2, 0.25) is 0 Å². The zero-order valence-electron chi connectivity index (χ0n) is 31.4. The van der Waals surface area contributed by atoms with Crippen molar-refractivity contribution in [3.63, 3.8) is 0 Å². The van der Waals surface area contributed by atoms with E-state index in [1.54, 1.807) is 29.2 Å². The lowest BCUT2D eigenvalue weighted by Crippen LogP contribution is -2.54. The van der Waals surface area contributed by atoms with Gasteiger partial charge in [0.1, 0.15) is 16.7 Å². The van der Waals surface area contributed by atoms with Crippen molar-refractivity contribution in [3.8, 4) is 0 Å². The van der Waals surface area contributed by atoms with Crippen LogP contribution >= 0.6 is 0 Å². The number of nitrogens with one attached hydrogen (secondary N) is 3. The second-order valence-electron chi connectivity index (χ2n) is 15.3. The first-order chi connectivity index (χ1) is 24.4. The van der Waals surface area contributed by atoms with Crippen LogP contribution in [0.1, 0.15) is 80.3 Å². The molecule has 2 aromatic rings. The fourth-order valence-electron chi connectivity index (χ4n) is 5.28.